The zero-order valence-electron chi connectivity index (χ0n) is 24.6. The Morgan fingerprint density at radius 1 is 0.947 bits per heavy atom. The van der Waals surface area contributed by atoms with Crippen LogP contribution in [0.4, 0.5) is 4.79 Å². The molecule has 1 heterocycles. The van der Waals surface area contributed by atoms with Crippen molar-refractivity contribution in [2.45, 2.75) is 98.9 Å². The first-order valence-electron chi connectivity index (χ1n) is 14.1. The number of nitrogens with one attached hydrogen (secondary N) is 1. The van der Waals surface area contributed by atoms with Gasteiger partial charge < -0.3 is 19.5 Å². The standard InChI is InChI=1S/C30H49N5O3/c1-8-18-33(19-9-2)20-10-11-21-34(25(4)36)22-26-12-14-27(15-13-26)23-35(29(37)38-30(5,6)7)24(3)28-31-16-17-32-28/h12-17,24H,8-11,18-23H2,1-7H3,(H,31,32). The number of carbonyl (C=O) groups is 2. The fourth-order valence-corrected chi connectivity index (χ4v) is 4.45. The highest BCUT2D eigenvalue weighted by atomic mass is 16.6. The number of rotatable bonds is 15. The minimum absolute atomic E-state index is 0.0939. The van der Waals surface area contributed by atoms with Gasteiger partial charge in [-0.2, -0.15) is 0 Å². The van der Waals surface area contributed by atoms with Crippen molar-refractivity contribution in [1.29, 1.82) is 0 Å². The number of ether oxygens (including phenoxy) is 1. The van der Waals surface area contributed by atoms with Crippen LogP contribution in [0.2, 0.25) is 0 Å². The fraction of sp³-hybridized carbons (Fsp3) is 0.633. The molecule has 1 aromatic carbocycles. The van der Waals surface area contributed by atoms with Gasteiger partial charge in [0.1, 0.15) is 11.4 Å². The lowest BCUT2D eigenvalue weighted by Gasteiger charge is -2.31. The summed E-state index contributed by atoms with van der Waals surface area (Å²) in [6, 6.07) is 7.85. The van der Waals surface area contributed by atoms with Gasteiger partial charge in [0.2, 0.25) is 5.91 Å². The van der Waals surface area contributed by atoms with Crippen molar-refractivity contribution >= 4 is 12.0 Å². The molecule has 0 radical (unpaired) electrons. The zero-order chi connectivity index (χ0) is 28.1. The molecule has 0 aliphatic carbocycles. The molecule has 8 nitrogen and oxygen atoms in total. The number of hydrogen-bond donors (Lipinski definition) is 1. The van der Waals surface area contributed by atoms with Gasteiger partial charge >= 0.3 is 6.09 Å². The molecule has 0 saturated carbocycles. The van der Waals surface area contributed by atoms with Gasteiger partial charge in [-0.1, -0.05) is 38.1 Å². The molecule has 1 unspecified atom stereocenters. The Bertz CT molecular complexity index is 947. The summed E-state index contributed by atoms with van der Waals surface area (Å²) in [6.07, 6.45) is 7.49. The number of benzene rings is 1. The third-order valence-electron chi connectivity index (χ3n) is 6.44. The molecule has 1 atom stereocenters. The van der Waals surface area contributed by atoms with Crippen molar-refractivity contribution in [3.63, 3.8) is 0 Å². The summed E-state index contributed by atoms with van der Waals surface area (Å²) < 4.78 is 5.68. The second-order valence-electron chi connectivity index (χ2n) is 11.1. The molecule has 0 fully saturated rings. The van der Waals surface area contributed by atoms with E-state index in [1.165, 1.54) is 12.8 Å². The summed E-state index contributed by atoms with van der Waals surface area (Å²) >= 11 is 0. The Kier molecular flexibility index (Phi) is 12.8. The smallest absolute Gasteiger partial charge is 0.411 e. The van der Waals surface area contributed by atoms with Crippen LogP contribution in [0.5, 0.6) is 0 Å². The highest BCUT2D eigenvalue weighted by Gasteiger charge is 2.28. The van der Waals surface area contributed by atoms with E-state index in [0.717, 1.165) is 50.1 Å². The van der Waals surface area contributed by atoms with E-state index in [9.17, 15) is 9.59 Å². The van der Waals surface area contributed by atoms with Crippen LogP contribution >= 0.6 is 0 Å². The normalized spacial score (nSPS) is 12.4. The second kappa shape index (κ2) is 15.5. The Balaban J connectivity index is 2.00. The number of aromatic amines is 1. The summed E-state index contributed by atoms with van der Waals surface area (Å²) in [5.74, 6) is 0.800. The third-order valence-corrected chi connectivity index (χ3v) is 6.44. The lowest BCUT2D eigenvalue weighted by molar-refractivity contribution is -0.129. The molecule has 38 heavy (non-hydrogen) atoms. The van der Waals surface area contributed by atoms with E-state index in [1.54, 1.807) is 24.2 Å². The van der Waals surface area contributed by atoms with E-state index < -0.39 is 5.60 Å². The zero-order valence-corrected chi connectivity index (χ0v) is 24.6. The molecule has 1 aromatic heterocycles. The third kappa shape index (κ3) is 10.9. The van der Waals surface area contributed by atoms with Crippen LogP contribution in [-0.2, 0) is 22.6 Å². The van der Waals surface area contributed by atoms with Crippen LogP contribution in [-0.4, -0.2) is 68.4 Å². The van der Waals surface area contributed by atoms with Gasteiger partial charge in [0, 0.05) is 39.0 Å². The predicted molar refractivity (Wildman–Crippen MR) is 153 cm³/mol. The quantitative estimate of drug-likeness (QED) is 0.281. The average Bonchev–Trinajstić information content (AvgIpc) is 3.39. The second-order valence-corrected chi connectivity index (χ2v) is 11.1. The number of imidazole rings is 1. The molecular weight excluding hydrogens is 478 g/mol. The van der Waals surface area contributed by atoms with E-state index in [0.29, 0.717) is 18.9 Å². The first-order chi connectivity index (χ1) is 18.0. The SMILES string of the molecule is CCCN(CCC)CCCCN(Cc1ccc(CN(C(=O)OC(C)(C)C)C(C)c2ncc[nH]2)cc1)C(C)=O. The van der Waals surface area contributed by atoms with Crippen molar-refractivity contribution in [3.05, 3.63) is 53.6 Å². The molecule has 0 aliphatic heterocycles. The van der Waals surface area contributed by atoms with Crippen LogP contribution < -0.4 is 0 Å². The summed E-state index contributed by atoms with van der Waals surface area (Å²) in [5, 5.41) is 0. The molecule has 8 heteroatoms. The summed E-state index contributed by atoms with van der Waals surface area (Å²) in [7, 11) is 0. The minimum atomic E-state index is -0.595. The van der Waals surface area contributed by atoms with Gasteiger partial charge in [-0.15, -0.1) is 0 Å². The van der Waals surface area contributed by atoms with Crippen LogP contribution in [0.3, 0.4) is 0 Å². The summed E-state index contributed by atoms with van der Waals surface area (Å²) in [5.41, 5.74) is 1.47. The molecule has 2 amide bonds. The van der Waals surface area contributed by atoms with Crippen molar-refractivity contribution in [2.75, 3.05) is 26.2 Å². The van der Waals surface area contributed by atoms with Gasteiger partial charge in [0.25, 0.3) is 0 Å². The maximum Gasteiger partial charge on any atom is 0.411 e. The number of hydrogen-bond acceptors (Lipinski definition) is 5. The lowest BCUT2D eigenvalue weighted by Crippen LogP contribution is -2.38. The van der Waals surface area contributed by atoms with E-state index in [-0.39, 0.29) is 18.0 Å². The highest BCUT2D eigenvalue weighted by molar-refractivity contribution is 5.73. The van der Waals surface area contributed by atoms with Gasteiger partial charge in [-0.3, -0.25) is 9.69 Å². The lowest BCUT2D eigenvalue weighted by atomic mass is 10.1. The van der Waals surface area contributed by atoms with Crippen molar-refractivity contribution in [3.8, 4) is 0 Å². The Morgan fingerprint density at radius 3 is 2.03 bits per heavy atom. The van der Waals surface area contributed by atoms with Gasteiger partial charge in [0.15, 0.2) is 0 Å². The highest BCUT2D eigenvalue weighted by Crippen LogP contribution is 2.23. The average molecular weight is 528 g/mol. The molecule has 1 N–H and O–H groups in total. The van der Waals surface area contributed by atoms with Gasteiger partial charge in [-0.05, 0) is 84.1 Å². The fourth-order valence-electron chi connectivity index (χ4n) is 4.45. The Labute approximate surface area is 229 Å². The number of carbonyl (C=O) groups excluding carboxylic acids is 2. The Morgan fingerprint density at radius 2 is 1.53 bits per heavy atom. The first kappa shape index (κ1) is 31.3. The monoisotopic (exact) mass is 527 g/mol. The molecule has 0 saturated heterocycles. The molecule has 2 rings (SSSR count). The first-order valence-corrected chi connectivity index (χ1v) is 14.1. The predicted octanol–water partition coefficient (Wildman–Crippen LogP) is 6.16. The van der Waals surface area contributed by atoms with Crippen molar-refractivity contribution < 1.29 is 14.3 Å². The molecule has 0 spiro atoms. The van der Waals surface area contributed by atoms with E-state index >= 15 is 0 Å². The largest absolute Gasteiger partial charge is 0.444 e. The number of amides is 2. The summed E-state index contributed by atoms with van der Waals surface area (Å²) in [6.45, 7) is 18.7. The maximum absolute atomic E-state index is 13.0. The molecule has 0 bridgehead atoms. The Hall–Kier alpha value is -2.87. The maximum atomic E-state index is 13.0. The number of nitrogens with zero attached hydrogens (tertiary/aromatic N) is 4. The van der Waals surface area contributed by atoms with Crippen molar-refractivity contribution in [2.24, 2.45) is 0 Å². The molecular formula is C30H49N5O3. The van der Waals surface area contributed by atoms with Crippen LogP contribution in [0.25, 0.3) is 0 Å². The molecule has 2 aromatic rings. The number of H-pyrrole nitrogens is 1. The van der Waals surface area contributed by atoms with Crippen LogP contribution in [0, 0.1) is 0 Å². The van der Waals surface area contributed by atoms with E-state index in [4.69, 9.17) is 4.74 Å². The van der Waals surface area contributed by atoms with Crippen LogP contribution in [0.15, 0.2) is 36.7 Å². The van der Waals surface area contributed by atoms with Crippen molar-refractivity contribution in [1.82, 2.24) is 24.7 Å². The minimum Gasteiger partial charge on any atom is -0.444 e. The topological polar surface area (TPSA) is 81.8 Å². The van der Waals surface area contributed by atoms with Gasteiger partial charge in [-0.25, -0.2) is 9.78 Å². The molecule has 212 valence electrons. The number of aromatic nitrogens is 2. The molecule has 0 aliphatic rings. The van der Waals surface area contributed by atoms with E-state index in [1.807, 2.05) is 56.9 Å². The summed E-state index contributed by atoms with van der Waals surface area (Å²) in [4.78, 5) is 38.9. The van der Waals surface area contributed by atoms with Crippen LogP contribution in [0.1, 0.15) is 97.1 Å². The van der Waals surface area contributed by atoms with Gasteiger partial charge in [0.05, 0.1) is 6.04 Å². The van der Waals surface area contributed by atoms with E-state index in [2.05, 4.69) is 28.7 Å². The number of unbranched alkanes of at least 4 members (excludes halogenated alkanes) is 1.